The van der Waals surface area contributed by atoms with Crippen LogP contribution in [0.4, 0.5) is 0 Å². The summed E-state index contributed by atoms with van der Waals surface area (Å²) >= 11 is 6.03. The maximum Gasteiger partial charge on any atom is 0.165 e. The molecule has 0 amide bonds. The molecule has 15 heavy (non-hydrogen) atoms. The molecule has 82 valence electrons. The van der Waals surface area contributed by atoms with Crippen molar-refractivity contribution in [1.82, 2.24) is 0 Å². The van der Waals surface area contributed by atoms with E-state index in [1.165, 1.54) is 7.11 Å². The first kappa shape index (κ1) is 12.2. The van der Waals surface area contributed by atoms with Crippen LogP contribution in [0.3, 0.4) is 0 Å². The number of carbonyl (C=O) groups is 1. The Kier molecular flexibility index (Phi) is 4.30. The highest BCUT2D eigenvalue weighted by Gasteiger charge is 2.13. The van der Waals surface area contributed by atoms with Gasteiger partial charge in [0.15, 0.2) is 5.78 Å². The van der Waals surface area contributed by atoms with Crippen molar-refractivity contribution >= 4 is 17.4 Å². The lowest BCUT2D eigenvalue weighted by molar-refractivity contribution is -0.127. The normalized spacial score (nSPS) is 12.5. The molecule has 0 N–H and O–H groups in total. The van der Waals surface area contributed by atoms with Crippen molar-refractivity contribution in [2.24, 2.45) is 0 Å². The predicted molar refractivity (Wildman–Crippen MR) is 61.4 cm³/mol. The summed E-state index contributed by atoms with van der Waals surface area (Å²) in [5, 5.41) is 0.645. The Balaban J connectivity index is 2.77. The largest absolute Gasteiger partial charge is 0.374 e. The first-order valence-electron chi connectivity index (χ1n) is 4.85. The number of hydrogen-bond acceptors (Lipinski definition) is 2. The second-order valence-corrected chi connectivity index (χ2v) is 4.02. The second-order valence-electron chi connectivity index (χ2n) is 3.62. The van der Waals surface area contributed by atoms with Gasteiger partial charge in [-0.1, -0.05) is 23.7 Å². The molecule has 0 heterocycles. The maximum absolute atomic E-state index is 11.6. The van der Waals surface area contributed by atoms with Gasteiger partial charge in [-0.25, -0.2) is 0 Å². The van der Waals surface area contributed by atoms with E-state index >= 15 is 0 Å². The zero-order valence-corrected chi connectivity index (χ0v) is 9.97. The number of Topliss-reactive ketones (excluding diaryl/α,β-unsaturated/α-hetero) is 1. The summed E-state index contributed by atoms with van der Waals surface area (Å²) in [7, 11) is 1.53. The number of methoxy groups -OCH3 is 1. The number of ketones is 1. The van der Waals surface area contributed by atoms with Gasteiger partial charge in [0, 0.05) is 18.6 Å². The Hall–Kier alpha value is -0.860. The topological polar surface area (TPSA) is 26.3 Å². The van der Waals surface area contributed by atoms with E-state index in [1.54, 1.807) is 6.92 Å². The lowest BCUT2D eigenvalue weighted by Crippen LogP contribution is -2.21. The van der Waals surface area contributed by atoms with Crippen LogP contribution < -0.4 is 0 Å². The summed E-state index contributed by atoms with van der Waals surface area (Å²) in [6.07, 6.45) is -0.0453. The van der Waals surface area contributed by atoms with Crippen LogP contribution in [0.15, 0.2) is 18.2 Å². The molecule has 0 radical (unpaired) electrons. The van der Waals surface area contributed by atoms with Gasteiger partial charge < -0.3 is 4.74 Å². The molecule has 1 aromatic rings. The van der Waals surface area contributed by atoms with E-state index in [2.05, 4.69) is 0 Å². The van der Waals surface area contributed by atoms with Crippen LogP contribution in [0.1, 0.15) is 18.1 Å². The number of carbonyl (C=O) groups excluding carboxylic acids is 1. The van der Waals surface area contributed by atoms with Crippen molar-refractivity contribution in [3.8, 4) is 0 Å². The van der Waals surface area contributed by atoms with E-state index in [-0.39, 0.29) is 11.9 Å². The SMILES string of the molecule is COC(C)C(=O)Cc1ccc(C)cc1Cl. The molecule has 0 aliphatic heterocycles. The van der Waals surface area contributed by atoms with Gasteiger partial charge in [-0.3, -0.25) is 4.79 Å². The van der Waals surface area contributed by atoms with Gasteiger partial charge >= 0.3 is 0 Å². The second kappa shape index (κ2) is 5.29. The summed E-state index contributed by atoms with van der Waals surface area (Å²) in [5.41, 5.74) is 1.95. The molecule has 0 fully saturated rings. The predicted octanol–water partition coefficient (Wildman–Crippen LogP) is 2.79. The van der Waals surface area contributed by atoms with E-state index in [1.807, 2.05) is 25.1 Å². The average molecular weight is 227 g/mol. The first-order chi connectivity index (χ1) is 7.04. The zero-order chi connectivity index (χ0) is 11.4. The number of rotatable bonds is 4. The smallest absolute Gasteiger partial charge is 0.165 e. The van der Waals surface area contributed by atoms with Crippen LogP contribution in [0, 0.1) is 6.92 Å². The zero-order valence-electron chi connectivity index (χ0n) is 9.21. The molecule has 1 aromatic carbocycles. The minimum Gasteiger partial charge on any atom is -0.374 e. The van der Waals surface area contributed by atoms with Gasteiger partial charge in [-0.15, -0.1) is 0 Å². The molecule has 0 saturated heterocycles. The van der Waals surface area contributed by atoms with E-state index in [0.29, 0.717) is 11.4 Å². The van der Waals surface area contributed by atoms with Crippen molar-refractivity contribution in [3.63, 3.8) is 0 Å². The number of hydrogen-bond donors (Lipinski definition) is 0. The third-order valence-electron chi connectivity index (χ3n) is 2.38. The molecule has 2 nitrogen and oxygen atoms in total. The molecule has 0 saturated carbocycles. The van der Waals surface area contributed by atoms with E-state index < -0.39 is 0 Å². The van der Waals surface area contributed by atoms with Crippen LogP contribution in [0.5, 0.6) is 0 Å². The monoisotopic (exact) mass is 226 g/mol. The van der Waals surface area contributed by atoms with Crippen molar-refractivity contribution in [1.29, 1.82) is 0 Å². The fourth-order valence-electron chi connectivity index (χ4n) is 1.26. The molecule has 0 bridgehead atoms. The van der Waals surface area contributed by atoms with Gasteiger partial charge in [0.25, 0.3) is 0 Å². The molecule has 1 atom stereocenters. The number of aryl methyl sites for hydroxylation is 1. The highest BCUT2D eigenvalue weighted by molar-refractivity contribution is 6.31. The molecule has 0 aromatic heterocycles. The molecule has 0 aliphatic carbocycles. The Morgan fingerprint density at radius 1 is 1.53 bits per heavy atom. The third kappa shape index (κ3) is 3.33. The molecule has 3 heteroatoms. The van der Waals surface area contributed by atoms with Crippen LogP contribution in [0.2, 0.25) is 5.02 Å². The first-order valence-corrected chi connectivity index (χ1v) is 5.23. The fourth-order valence-corrected chi connectivity index (χ4v) is 1.56. The van der Waals surface area contributed by atoms with Gasteiger partial charge in [0.1, 0.15) is 6.10 Å². The van der Waals surface area contributed by atoms with Crippen LogP contribution in [0.25, 0.3) is 0 Å². The fraction of sp³-hybridized carbons (Fsp3) is 0.417. The third-order valence-corrected chi connectivity index (χ3v) is 2.73. The molecule has 1 rings (SSSR count). The lowest BCUT2D eigenvalue weighted by Gasteiger charge is -2.09. The van der Waals surface area contributed by atoms with Gasteiger partial charge in [0.05, 0.1) is 0 Å². The van der Waals surface area contributed by atoms with Crippen molar-refractivity contribution in [2.45, 2.75) is 26.4 Å². The van der Waals surface area contributed by atoms with Gasteiger partial charge in [0.2, 0.25) is 0 Å². The minimum atomic E-state index is -0.373. The van der Waals surface area contributed by atoms with Gasteiger partial charge in [-0.05, 0) is 31.0 Å². The van der Waals surface area contributed by atoms with Crippen LogP contribution in [-0.2, 0) is 16.0 Å². The molecule has 0 aliphatic rings. The van der Waals surface area contributed by atoms with Crippen molar-refractivity contribution < 1.29 is 9.53 Å². The standard InChI is InChI=1S/C12H15ClO2/c1-8-4-5-10(11(13)6-8)7-12(14)9(2)15-3/h4-6,9H,7H2,1-3H3. The number of halogens is 1. The maximum atomic E-state index is 11.6. The minimum absolute atomic E-state index is 0.0447. The lowest BCUT2D eigenvalue weighted by atomic mass is 10.0. The number of benzene rings is 1. The average Bonchev–Trinajstić information content (AvgIpc) is 2.20. The Labute approximate surface area is 95.2 Å². The Bertz CT molecular complexity index is 361. The Morgan fingerprint density at radius 2 is 2.20 bits per heavy atom. The van der Waals surface area contributed by atoms with Crippen LogP contribution >= 0.6 is 11.6 Å². The van der Waals surface area contributed by atoms with Crippen molar-refractivity contribution in [2.75, 3.05) is 7.11 Å². The molecular weight excluding hydrogens is 212 g/mol. The highest BCUT2D eigenvalue weighted by atomic mass is 35.5. The van der Waals surface area contributed by atoms with E-state index in [9.17, 15) is 4.79 Å². The highest BCUT2D eigenvalue weighted by Crippen LogP contribution is 2.18. The van der Waals surface area contributed by atoms with Crippen LogP contribution in [-0.4, -0.2) is 19.0 Å². The summed E-state index contributed by atoms with van der Waals surface area (Å²) in [5.74, 6) is 0.0447. The Morgan fingerprint density at radius 3 is 2.73 bits per heavy atom. The number of ether oxygens (including phenoxy) is 1. The molecular formula is C12H15ClO2. The molecule has 0 spiro atoms. The molecule has 1 unspecified atom stereocenters. The van der Waals surface area contributed by atoms with E-state index in [0.717, 1.165) is 11.1 Å². The quantitative estimate of drug-likeness (QED) is 0.789. The summed E-state index contributed by atoms with van der Waals surface area (Å²) in [6, 6.07) is 5.70. The summed E-state index contributed by atoms with van der Waals surface area (Å²) in [4.78, 5) is 11.6. The summed E-state index contributed by atoms with van der Waals surface area (Å²) < 4.78 is 4.96. The van der Waals surface area contributed by atoms with Gasteiger partial charge in [-0.2, -0.15) is 0 Å². The summed E-state index contributed by atoms with van der Waals surface area (Å²) in [6.45, 7) is 3.71. The van der Waals surface area contributed by atoms with Crippen molar-refractivity contribution in [3.05, 3.63) is 34.3 Å². The van der Waals surface area contributed by atoms with E-state index in [4.69, 9.17) is 16.3 Å².